The minimum absolute atomic E-state index is 0.0500. The Morgan fingerprint density at radius 2 is 2.00 bits per heavy atom. The van der Waals surface area contributed by atoms with Gasteiger partial charge in [0.1, 0.15) is 11.6 Å². The Balaban J connectivity index is 3.27. The lowest BCUT2D eigenvalue weighted by Gasteiger charge is -2.26. The number of allylic oxidation sites excluding steroid dienone is 1. The van der Waals surface area contributed by atoms with E-state index in [9.17, 15) is 4.39 Å². The molecule has 0 amide bonds. The molecule has 0 unspecified atom stereocenters. The molecule has 4 N–H and O–H groups in total. The highest BCUT2D eigenvalue weighted by molar-refractivity contribution is 5.90. The molecule has 0 fully saturated rings. The second kappa shape index (κ2) is 6.01. The Bertz CT molecular complexity index is 529. The highest BCUT2D eigenvalue weighted by Crippen LogP contribution is 2.33. The van der Waals surface area contributed by atoms with E-state index in [1.807, 2.05) is 30.3 Å². The van der Waals surface area contributed by atoms with Crippen molar-refractivity contribution in [1.82, 2.24) is 0 Å². The molecule has 100 valence electrons. The summed E-state index contributed by atoms with van der Waals surface area (Å²) in [6, 6.07) is 11.0. The van der Waals surface area contributed by atoms with Crippen molar-refractivity contribution >= 4 is 5.97 Å². The van der Waals surface area contributed by atoms with Crippen molar-refractivity contribution in [3.8, 4) is 6.07 Å². The SMILES string of the molecule is CC(C)(C(C(=[NH2+])F)=C(N)OCC#N)c1ccccc1. The van der Waals surface area contributed by atoms with Gasteiger partial charge in [-0.15, -0.1) is 4.39 Å². The molecule has 0 atom stereocenters. The van der Waals surface area contributed by atoms with E-state index in [0.29, 0.717) is 0 Å². The molecule has 5 heteroatoms. The number of nitriles is 1. The third-order valence-electron chi connectivity index (χ3n) is 2.90. The summed E-state index contributed by atoms with van der Waals surface area (Å²) in [5.74, 6) is -1.08. The molecule has 0 aliphatic carbocycles. The molecule has 0 saturated carbocycles. The number of rotatable bonds is 5. The van der Waals surface area contributed by atoms with Crippen LogP contribution in [0.15, 0.2) is 41.8 Å². The lowest BCUT2D eigenvalue weighted by molar-refractivity contribution is -0.126. The van der Waals surface area contributed by atoms with Crippen LogP contribution in [0.4, 0.5) is 4.39 Å². The molecule has 0 heterocycles. The van der Waals surface area contributed by atoms with Gasteiger partial charge in [-0.25, -0.2) is 5.41 Å². The fourth-order valence-electron chi connectivity index (χ4n) is 1.91. The summed E-state index contributed by atoms with van der Waals surface area (Å²) in [6.07, 6.45) is 0. The van der Waals surface area contributed by atoms with Crippen LogP contribution in [0, 0.1) is 11.3 Å². The average Bonchev–Trinajstić information content (AvgIpc) is 2.36. The van der Waals surface area contributed by atoms with E-state index in [0.717, 1.165) is 5.56 Å². The number of halogens is 1. The van der Waals surface area contributed by atoms with Crippen molar-refractivity contribution in [2.75, 3.05) is 6.61 Å². The van der Waals surface area contributed by atoms with E-state index < -0.39 is 11.4 Å². The fraction of sp³-hybridized carbons (Fsp3) is 0.286. The maximum atomic E-state index is 13.6. The van der Waals surface area contributed by atoms with Gasteiger partial charge in [0.05, 0.1) is 0 Å². The van der Waals surface area contributed by atoms with Crippen LogP contribution in [0.5, 0.6) is 0 Å². The van der Waals surface area contributed by atoms with Gasteiger partial charge in [0.15, 0.2) is 12.5 Å². The molecule has 0 radical (unpaired) electrons. The van der Waals surface area contributed by atoms with E-state index in [1.54, 1.807) is 19.9 Å². The number of nitrogens with two attached hydrogens (primary N) is 2. The Labute approximate surface area is 111 Å². The van der Waals surface area contributed by atoms with Crippen molar-refractivity contribution in [2.45, 2.75) is 19.3 Å². The number of hydrogen-bond acceptors (Lipinski definition) is 3. The number of nitrogens with zero attached hydrogens (tertiary/aromatic N) is 1. The van der Waals surface area contributed by atoms with Crippen molar-refractivity contribution in [1.29, 1.82) is 5.26 Å². The summed E-state index contributed by atoms with van der Waals surface area (Å²) >= 11 is 0. The first-order valence-corrected chi connectivity index (χ1v) is 5.75. The van der Waals surface area contributed by atoms with Gasteiger partial charge < -0.3 is 10.5 Å². The summed E-state index contributed by atoms with van der Waals surface area (Å²) in [5.41, 5.74) is 5.82. The van der Waals surface area contributed by atoms with E-state index in [-0.39, 0.29) is 18.1 Å². The maximum absolute atomic E-state index is 13.6. The minimum atomic E-state index is -0.913. The van der Waals surface area contributed by atoms with Crippen molar-refractivity contribution in [3.05, 3.63) is 47.4 Å². The fourth-order valence-corrected chi connectivity index (χ4v) is 1.91. The summed E-state index contributed by atoms with van der Waals surface area (Å²) in [4.78, 5) is 0. The van der Waals surface area contributed by atoms with Crippen LogP contribution in [0.1, 0.15) is 19.4 Å². The van der Waals surface area contributed by atoms with Gasteiger partial charge in [0.25, 0.3) is 0 Å². The van der Waals surface area contributed by atoms with Gasteiger partial charge in [-0.05, 0) is 5.56 Å². The summed E-state index contributed by atoms with van der Waals surface area (Å²) in [7, 11) is 0. The highest BCUT2D eigenvalue weighted by atomic mass is 19.1. The normalized spacial score (nSPS) is 12.3. The largest absolute Gasteiger partial charge is 0.464 e. The van der Waals surface area contributed by atoms with Crippen LogP contribution < -0.4 is 11.1 Å². The lowest BCUT2D eigenvalue weighted by atomic mass is 9.77. The first-order valence-electron chi connectivity index (χ1n) is 5.75. The average molecular weight is 262 g/mol. The van der Waals surface area contributed by atoms with Crippen LogP contribution >= 0.6 is 0 Å². The molecule has 0 aliphatic rings. The van der Waals surface area contributed by atoms with Crippen LogP contribution in [0.3, 0.4) is 0 Å². The summed E-state index contributed by atoms with van der Waals surface area (Å²) in [6.45, 7) is 3.31. The maximum Gasteiger partial charge on any atom is 0.360 e. The summed E-state index contributed by atoms with van der Waals surface area (Å²) < 4.78 is 18.6. The molecule has 1 aromatic carbocycles. The molecule has 0 aliphatic heterocycles. The van der Waals surface area contributed by atoms with E-state index in [4.69, 9.17) is 21.1 Å². The van der Waals surface area contributed by atoms with Gasteiger partial charge in [0.2, 0.25) is 0 Å². The van der Waals surface area contributed by atoms with E-state index in [1.165, 1.54) is 0 Å². The molecule has 0 saturated heterocycles. The van der Waals surface area contributed by atoms with Gasteiger partial charge in [-0.1, -0.05) is 44.2 Å². The van der Waals surface area contributed by atoms with Gasteiger partial charge in [-0.2, -0.15) is 5.26 Å². The molecule has 1 rings (SSSR count). The lowest BCUT2D eigenvalue weighted by Crippen LogP contribution is -2.44. The first kappa shape index (κ1) is 14.7. The molecule has 4 nitrogen and oxygen atoms in total. The van der Waals surface area contributed by atoms with E-state index in [2.05, 4.69) is 0 Å². The topological polar surface area (TPSA) is 84.6 Å². The first-order chi connectivity index (χ1) is 8.91. The van der Waals surface area contributed by atoms with Crippen LogP contribution in [0.25, 0.3) is 0 Å². The number of ether oxygens (including phenoxy) is 1. The zero-order chi connectivity index (χ0) is 14.5. The quantitative estimate of drug-likeness (QED) is 0.608. The predicted molar refractivity (Wildman–Crippen MR) is 70.3 cm³/mol. The standard InChI is InChI=1S/C14H16FN3O/c1-14(2,10-6-4-3-5-7-10)11(12(15)17)13(18)19-9-8-16/h3-7,17H,9,18H2,1-2H3/p+1. The second-order valence-corrected chi connectivity index (χ2v) is 4.53. The third kappa shape index (κ3) is 3.32. The van der Waals surface area contributed by atoms with Crippen molar-refractivity contribution in [2.24, 2.45) is 5.73 Å². The smallest absolute Gasteiger partial charge is 0.360 e. The minimum Gasteiger partial charge on any atom is -0.464 e. The third-order valence-corrected chi connectivity index (χ3v) is 2.90. The zero-order valence-corrected chi connectivity index (χ0v) is 11.0. The Morgan fingerprint density at radius 3 is 2.47 bits per heavy atom. The van der Waals surface area contributed by atoms with Gasteiger partial charge in [-0.3, -0.25) is 0 Å². The molecular weight excluding hydrogens is 245 g/mol. The molecule has 0 spiro atoms. The van der Waals surface area contributed by atoms with Crippen LogP contribution in [-0.4, -0.2) is 12.6 Å². The van der Waals surface area contributed by atoms with Crippen LogP contribution in [-0.2, 0) is 10.2 Å². The van der Waals surface area contributed by atoms with Crippen molar-refractivity contribution in [3.63, 3.8) is 0 Å². The second-order valence-electron chi connectivity index (χ2n) is 4.53. The van der Waals surface area contributed by atoms with Gasteiger partial charge >= 0.3 is 5.97 Å². The predicted octanol–water partition coefficient (Wildman–Crippen LogP) is 0.802. The molecule has 0 bridgehead atoms. The Kier molecular flexibility index (Phi) is 4.65. The van der Waals surface area contributed by atoms with E-state index >= 15 is 0 Å². The highest BCUT2D eigenvalue weighted by Gasteiger charge is 2.35. The number of benzene rings is 1. The summed E-state index contributed by atoms with van der Waals surface area (Å²) in [5, 5.41) is 13.8. The zero-order valence-electron chi connectivity index (χ0n) is 11.0. The van der Waals surface area contributed by atoms with Crippen LogP contribution in [0.2, 0.25) is 0 Å². The number of hydrogen-bond donors (Lipinski definition) is 2. The van der Waals surface area contributed by atoms with Gasteiger partial charge in [0, 0.05) is 5.41 Å². The molecular formula is C14H17FN3O+. The molecule has 1 aromatic rings. The Hall–Kier alpha value is -2.35. The molecule has 0 aromatic heterocycles. The van der Waals surface area contributed by atoms with Crippen molar-refractivity contribution < 1.29 is 14.5 Å². The Morgan fingerprint density at radius 1 is 1.42 bits per heavy atom. The molecule has 19 heavy (non-hydrogen) atoms. The monoisotopic (exact) mass is 262 g/mol.